The van der Waals surface area contributed by atoms with Gasteiger partial charge < -0.3 is 4.57 Å². The molecule has 7 aromatic carbocycles. The Hall–Kier alpha value is -8.19. The Morgan fingerprint density at radius 3 is 1.73 bits per heavy atom. The van der Waals surface area contributed by atoms with Crippen molar-refractivity contribution >= 4 is 75.3 Å². The molecule has 0 aliphatic carbocycles. The summed E-state index contributed by atoms with van der Waals surface area (Å²) in [5, 5.41) is 5.96. The molecule has 6 aromatic heterocycles. The molecule has 0 aliphatic heterocycles. The third kappa shape index (κ3) is 5.80. The van der Waals surface area contributed by atoms with Gasteiger partial charge >= 0.3 is 0 Å². The zero-order chi connectivity index (χ0) is 41.4. The van der Waals surface area contributed by atoms with E-state index in [2.05, 4.69) is 209 Å². The highest BCUT2D eigenvalue weighted by Crippen LogP contribution is 2.40. The molecular formula is C57H35N5S. The Bertz CT molecular complexity index is 3860. The van der Waals surface area contributed by atoms with E-state index in [1.807, 2.05) is 12.3 Å². The summed E-state index contributed by atoms with van der Waals surface area (Å²) in [7, 11) is 0. The molecule has 294 valence electrons. The minimum atomic E-state index is 0.882. The average molecular weight is 822 g/mol. The molecule has 0 saturated carbocycles. The molecule has 0 saturated heterocycles. The summed E-state index contributed by atoms with van der Waals surface area (Å²) >= 11 is 1.78. The number of pyridine rings is 3. The summed E-state index contributed by atoms with van der Waals surface area (Å²) in [5.41, 5.74) is 15.0. The maximum atomic E-state index is 5.32. The van der Waals surface area contributed by atoms with Crippen molar-refractivity contribution in [2.75, 3.05) is 0 Å². The summed E-state index contributed by atoms with van der Waals surface area (Å²) in [6.45, 7) is 0. The van der Waals surface area contributed by atoms with Crippen molar-refractivity contribution in [2.24, 2.45) is 0 Å². The van der Waals surface area contributed by atoms with E-state index in [-0.39, 0.29) is 0 Å². The normalized spacial score (nSPS) is 11.8. The van der Waals surface area contributed by atoms with Gasteiger partial charge in [-0.3, -0.25) is 9.55 Å². The standard InChI is InChI=1S/C57H35N5S/c1-3-13-36(14-4-1)48-34-41(35-49(59-48)37-15-5-2-6-16-37)61-50-20-9-7-17-42(50)44-27-24-39(33-53(44)61)38-25-28-52-45(31-38)43-18-8-10-21-51(43)62(52)56-23-11-19-47(60-56)40-26-29-54-46(32-40)57-55(63-54)22-12-30-58-57/h1-35H. The number of rotatable bonds is 6. The molecule has 0 atom stereocenters. The Balaban J connectivity index is 0.961. The SMILES string of the molecule is c1ccc(-c2cc(-n3c4ccccc4c4ccc(-c5ccc6c(c5)c5ccccc5n6-c5cccc(-c6ccc7sc8cccnc8c7c6)n5)cc43)cc(-c3ccccc3)n2)cc1. The van der Waals surface area contributed by atoms with Crippen molar-refractivity contribution < 1.29 is 0 Å². The summed E-state index contributed by atoms with van der Waals surface area (Å²) in [6, 6.07) is 73.6. The van der Waals surface area contributed by atoms with Gasteiger partial charge in [0.2, 0.25) is 0 Å². The van der Waals surface area contributed by atoms with Crippen LogP contribution in [0.1, 0.15) is 0 Å². The highest BCUT2D eigenvalue weighted by Gasteiger charge is 2.19. The van der Waals surface area contributed by atoms with Gasteiger partial charge in [-0.15, -0.1) is 11.3 Å². The van der Waals surface area contributed by atoms with E-state index in [0.29, 0.717) is 0 Å². The van der Waals surface area contributed by atoms with Gasteiger partial charge in [-0.05, 0) is 90.0 Å². The molecule has 6 heterocycles. The van der Waals surface area contributed by atoms with Gasteiger partial charge in [0.05, 0.1) is 55.1 Å². The van der Waals surface area contributed by atoms with Crippen LogP contribution in [0, 0.1) is 0 Å². The Morgan fingerprint density at radius 2 is 0.952 bits per heavy atom. The number of fused-ring (bicyclic) bond motifs is 9. The van der Waals surface area contributed by atoms with Crippen molar-refractivity contribution in [3.63, 3.8) is 0 Å². The highest BCUT2D eigenvalue weighted by molar-refractivity contribution is 7.25. The molecule has 0 fully saturated rings. The maximum absolute atomic E-state index is 5.32. The maximum Gasteiger partial charge on any atom is 0.138 e. The van der Waals surface area contributed by atoms with Crippen LogP contribution < -0.4 is 0 Å². The topological polar surface area (TPSA) is 48.5 Å². The third-order valence-electron chi connectivity index (χ3n) is 12.4. The molecule has 0 bridgehead atoms. The van der Waals surface area contributed by atoms with Gasteiger partial charge in [0, 0.05) is 54.5 Å². The summed E-state index contributed by atoms with van der Waals surface area (Å²) in [4.78, 5) is 15.2. The number of aromatic nitrogens is 5. The van der Waals surface area contributed by atoms with Crippen molar-refractivity contribution in [1.82, 2.24) is 24.1 Å². The Kier molecular flexibility index (Phi) is 8.01. The van der Waals surface area contributed by atoms with Crippen molar-refractivity contribution in [1.29, 1.82) is 0 Å². The van der Waals surface area contributed by atoms with Gasteiger partial charge in [0.1, 0.15) is 5.82 Å². The zero-order valence-corrected chi connectivity index (χ0v) is 34.7. The molecule has 13 aromatic rings. The second-order valence-corrected chi connectivity index (χ2v) is 17.1. The molecule has 0 N–H and O–H groups in total. The second kappa shape index (κ2) is 14.2. The Morgan fingerprint density at radius 1 is 0.333 bits per heavy atom. The highest BCUT2D eigenvalue weighted by atomic mass is 32.1. The van der Waals surface area contributed by atoms with E-state index in [9.17, 15) is 0 Å². The number of benzene rings is 7. The number of nitrogens with zero attached hydrogens (tertiary/aromatic N) is 5. The fraction of sp³-hybridized carbons (Fsp3) is 0. The fourth-order valence-corrected chi connectivity index (χ4v) is 10.5. The van der Waals surface area contributed by atoms with Crippen LogP contribution in [0.2, 0.25) is 0 Å². The van der Waals surface area contributed by atoms with Gasteiger partial charge in [-0.2, -0.15) is 0 Å². The summed E-state index contributed by atoms with van der Waals surface area (Å²) < 4.78 is 7.14. The summed E-state index contributed by atoms with van der Waals surface area (Å²) in [6.07, 6.45) is 1.87. The van der Waals surface area contributed by atoms with E-state index in [1.54, 1.807) is 11.3 Å². The minimum Gasteiger partial charge on any atom is -0.309 e. The molecule has 63 heavy (non-hydrogen) atoms. The molecule has 0 unspecified atom stereocenters. The predicted octanol–water partition coefficient (Wildman–Crippen LogP) is 15.1. The summed E-state index contributed by atoms with van der Waals surface area (Å²) in [5.74, 6) is 0.882. The molecule has 13 rings (SSSR count). The molecule has 6 heteroatoms. The molecular weight excluding hydrogens is 787 g/mol. The van der Waals surface area contributed by atoms with Crippen molar-refractivity contribution in [2.45, 2.75) is 0 Å². The average Bonchev–Trinajstić information content (AvgIpc) is 4.01. The first-order valence-corrected chi connectivity index (χ1v) is 22.0. The van der Waals surface area contributed by atoms with Gasteiger partial charge in [-0.1, -0.05) is 127 Å². The van der Waals surface area contributed by atoms with Crippen LogP contribution in [0.15, 0.2) is 212 Å². The van der Waals surface area contributed by atoms with Crippen LogP contribution in [0.25, 0.3) is 120 Å². The van der Waals surface area contributed by atoms with Crippen molar-refractivity contribution in [3.05, 3.63) is 212 Å². The first kappa shape index (κ1) is 35.6. The Labute approximate surface area is 366 Å². The first-order valence-electron chi connectivity index (χ1n) is 21.2. The number of hydrogen-bond donors (Lipinski definition) is 0. The lowest BCUT2D eigenvalue weighted by atomic mass is 10.0. The lowest BCUT2D eigenvalue weighted by Gasteiger charge is -2.14. The van der Waals surface area contributed by atoms with E-state index < -0.39 is 0 Å². The van der Waals surface area contributed by atoms with E-state index in [1.165, 1.54) is 30.9 Å². The first-order chi connectivity index (χ1) is 31.2. The predicted molar refractivity (Wildman–Crippen MR) is 263 cm³/mol. The van der Waals surface area contributed by atoms with Crippen molar-refractivity contribution in [3.8, 4) is 56.4 Å². The number of hydrogen-bond acceptors (Lipinski definition) is 4. The second-order valence-electron chi connectivity index (χ2n) is 16.0. The van der Waals surface area contributed by atoms with Crippen LogP contribution in [-0.2, 0) is 0 Å². The quantitative estimate of drug-likeness (QED) is 0.168. The van der Waals surface area contributed by atoms with Gasteiger partial charge in [0.25, 0.3) is 0 Å². The molecule has 0 radical (unpaired) electrons. The van der Waals surface area contributed by atoms with Crippen LogP contribution in [0.4, 0.5) is 0 Å². The smallest absolute Gasteiger partial charge is 0.138 e. The molecule has 5 nitrogen and oxygen atoms in total. The largest absolute Gasteiger partial charge is 0.309 e. The molecule has 0 amide bonds. The lowest BCUT2D eigenvalue weighted by Crippen LogP contribution is -1.98. The zero-order valence-electron chi connectivity index (χ0n) is 33.9. The molecule has 0 spiro atoms. The van der Waals surface area contributed by atoms with E-state index in [4.69, 9.17) is 15.0 Å². The molecule has 0 aliphatic rings. The monoisotopic (exact) mass is 821 g/mol. The minimum absolute atomic E-state index is 0.882. The third-order valence-corrected chi connectivity index (χ3v) is 13.5. The van der Waals surface area contributed by atoms with Crippen LogP contribution >= 0.6 is 11.3 Å². The van der Waals surface area contributed by atoms with Gasteiger partial charge in [-0.25, -0.2) is 9.97 Å². The number of thiophene rings is 1. The fourth-order valence-electron chi connectivity index (χ4n) is 9.45. The van der Waals surface area contributed by atoms with E-state index in [0.717, 1.165) is 89.4 Å². The van der Waals surface area contributed by atoms with Gasteiger partial charge in [0.15, 0.2) is 0 Å². The van der Waals surface area contributed by atoms with E-state index >= 15 is 0 Å². The van der Waals surface area contributed by atoms with Crippen LogP contribution in [0.5, 0.6) is 0 Å². The lowest BCUT2D eigenvalue weighted by molar-refractivity contribution is 1.08. The number of para-hydroxylation sites is 2. The van der Waals surface area contributed by atoms with Crippen LogP contribution in [-0.4, -0.2) is 24.1 Å². The van der Waals surface area contributed by atoms with Crippen LogP contribution in [0.3, 0.4) is 0 Å².